The van der Waals surface area contributed by atoms with Crippen molar-refractivity contribution < 1.29 is 23.1 Å². The molecular weight excluding hydrogens is 258 g/mol. The van der Waals surface area contributed by atoms with E-state index in [-0.39, 0.29) is 11.5 Å². The Hall–Kier alpha value is -2.31. The zero-order valence-electron chi connectivity index (χ0n) is 10.3. The summed E-state index contributed by atoms with van der Waals surface area (Å²) in [5.74, 6) is -1.03. The molecule has 0 amide bonds. The summed E-state index contributed by atoms with van der Waals surface area (Å²) in [6.07, 6.45) is 0. The van der Waals surface area contributed by atoms with Crippen LogP contribution in [-0.2, 0) is 9.59 Å². The van der Waals surface area contributed by atoms with Gasteiger partial charge in [-0.25, -0.2) is 0 Å². The van der Waals surface area contributed by atoms with Gasteiger partial charge in [0, 0.05) is 19.9 Å². The molecule has 0 saturated heterocycles. The number of hydrogen-bond donors (Lipinski definition) is 1. The zero-order valence-corrected chi connectivity index (χ0v) is 10.3. The minimum atomic E-state index is -2.93. The van der Waals surface area contributed by atoms with E-state index >= 15 is 0 Å². The van der Waals surface area contributed by atoms with E-state index in [9.17, 15) is 18.4 Å². The Morgan fingerprint density at radius 2 is 1.89 bits per heavy atom. The van der Waals surface area contributed by atoms with Crippen molar-refractivity contribution in [1.82, 2.24) is 0 Å². The molecule has 0 aliphatic rings. The second-order valence-corrected chi connectivity index (χ2v) is 3.59. The quantitative estimate of drug-likeness (QED) is 0.489. The van der Waals surface area contributed by atoms with Gasteiger partial charge in [0.05, 0.1) is 5.69 Å². The molecule has 7 heteroatoms. The molecule has 5 nitrogen and oxygen atoms in total. The Bertz CT molecular complexity index is 499. The molecular formula is C12H12F2N2O3. The van der Waals surface area contributed by atoms with Crippen LogP contribution in [0.3, 0.4) is 0 Å². The van der Waals surface area contributed by atoms with Crippen LogP contribution in [0.5, 0.6) is 5.75 Å². The van der Waals surface area contributed by atoms with E-state index in [1.165, 1.54) is 38.1 Å². The van der Waals surface area contributed by atoms with E-state index in [2.05, 4.69) is 15.3 Å². The van der Waals surface area contributed by atoms with Gasteiger partial charge in [0.1, 0.15) is 5.75 Å². The number of anilines is 1. The Morgan fingerprint density at radius 3 is 2.42 bits per heavy atom. The molecule has 0 saturated carbocycles. The van der Waals surface area contributed by atoms with Gasteiger partial charge in [0.25, 0.3) is 0 Å². The lowest BCUT2D eigenvalue weighted by Crippen LogP contribution is -2.20. The van der Waals surface area contributed by atoms with Gasteiger partial charge in [-0.05, 0) is 12.1 Å². The first-order valence-electron chi connectivity index (χ1n) is 5.30. The molecule has 1 N–H and O–H groups in total. The van der Waals surface area contributed by atoms with Crippen LogP contribution in [0.15, 0.2) is 29.4 Å². The molecule has 0 atom stereocenters. The predicted molar refractivity (Wildman–Crippen MR) is 65.5 cm³/mol. The van der Waals surface area contributed by atoms with Gasteiger partial charge in [-0.3, -0.25) is 15.0 Å². The molecule has 0 bridgehead atoms. The van der Waals surface area contributed by atoms with E-state index in [0.717, 1.165) is 0 Å². The van der Waals surface area contributed by atoms with E-state index < -0.39 is 18.2 Å². The van der Waals surface area contributed by atoms with Crippen LogP contribution in [-0.4, -0.2) is 23.9 Å². The maximum Gasteiger partial charge on any atom is 0.387 e. The van der Waals surface area contributed by atoms with E-state index in [1.807, 2.05) is 0 Å². The number of rotatable bonds is 6. The maximum atomic E-state index is 12.0. The van der Waals surface area contributed by atoms with Crippen molar-refractivity contribution in [3.05, 3.63) is 24.3 Å². The van der Waals surface area contributed by atoms with Gasteiger partial charge < -0.3 is 4.74 Å². The predicted octanol–water partition coefficient (Wildman–Crippen LogP) is 2.23. The first kappa shape index (κ1) is 14.7. The number of alkyl halides is 2. The first-order valence-corrected chi connectivity index (χ1v) is 5.30. The van der Waals surface area contributed by atoms with Gasteiger partial charge in [-0.2, -0.15) is 13.9 Å². The van der Waals surface area contributed by atoms with Crippen molar-refractivity contribution in [3.63, 3.8) is 0 Å². The number of carbonyl (C=O) groups excluding carboxylic acids is 2. The molecule has 102 valence electrons. The van der Waals surface area contributed by atoms with Crippen LogP contribution >= 0.6 is 0 Å². The van der Waals surface area contributed by atoms with E-state index in [0.29, 0.717) is 5.69 Å². The van der Waals surface area contributed by atoms with Crippen molar-refractivity contribution in [2.75, 3.05) is 5.43 Å². The minimum absolute atomic E-state index is 0.0533. The lowest BCUT2D eigenvalue weighted by Gasteiger charge is -2.06. The van der Waals surface area contributed by atoms with Crippen LogP contribution in [0.1, 0.15) is 13.8 Å². The van der Waals surface area contributed by atoms with Crippen molar-refractivity contribution >= 4 is 23.0 Å². The highest BCUT2D eigenvalue weighted by molar-refractivity contribution is 6.65. The molecule has 1 rings (SSSR count). The summed E-state index contributed by atoms with van der Waals surface area (Å²) in [6.45, 7) is -0.514. The van der Waals surface area contributed by atoms with Gasteiger partial charge in [-0.15, -0.1) is 0 Å². The summed E-state index contributed by atoms with van der Waals surface area (Å²) in [5, 5.41) is 3.64. The third-order valence-electron chi connectivity index (χ3n) is 2.02. The molecule has 0 heterocycles. The number of Topliss-reactive ketones (excluding diaryl/α,β-unsaturated/α-hetero) is 2. The maximum absolute atomic E-state index is 12.0. The lowest BCUT2D eigenvalue weighted by atomic mass is 10.2. The minimum Gasteiger partial charge on any atom is -0.435 e. The largest absolute Gasteiger partial charge is 0.435 e. The SMILES string of the molecule is CC(=O)C(=NNc1cccc(OC(F)F)c1)C(C)=O. The normalized spacial score (nSPS) is 9.95. The third kappa shape index (κ3) is 4.82. The fourth-order valence-corrected chi connectivity index (χ4v) is 1.27. The highest BCUT2D eigenvalue weighted by Gasteiger charge is 2.11. The van der Waals surface area contributed by atoms with Gasteiger partial charge >= 0.3 is 6.61 Å². The van der Waals surface area contributed by atoms with Crippen molar-refractivity contribution in [3.8, 4) is 5.75 Å². The first-order chi connectivity index (χ1) is 8.90. The number of nitrogens with zero attached hydrogens (tertiary/aromatic N) is 1. The fraction of sp³-hybridized carbons (Fsp3) is 0.250. The van der Waals surface area contributed by atoms with Gasteiger partial charge in [0.2, 0.25) is 0 Å². The molecule has 0 aliphatic heterocycles. The van der Waals surface area contributed by atoms with Crippen molar-refractivity contribution in [2.24, 2.45) is 5.10 Å². The Labute approximate surface area is 108 Å². The summed E-state index contributed by atoms with van der Waals surface area (Å²) in [4.78, 5) is 22.2. The number of ketones is 2. The van der Waals surface area contributed by atoms with Crippen LogP contribution in [0.25, 0.3) is 0 Å². The van der Waals surface area contributed by atoms with Gasteiger partial charge in [-0.1, -0.05) is 6.07 Å². The summed E-state index contributed by atoms with van der Waals surface area (Å²) < 4.78 is 28.2. The van der Waals surface area contributed by atoms with Crippen LogP contribution in [0.2, 0.25) is 0 Å². The number of benzene rings is 1. The molecule has 0 radical (unpaired) electrons. The number of hydrogen-bond acceptors (Lipinski definition) is 5. The summed E-state index contributed by atoms with van der Waals surface area (Å²) in [7, 11) is 0. The van der Waals surface area contributed by atoms with E-state index in [4.69, 9.17) is 0 Å². The second-order valence-electron chi connectivity index (χ2n) is 3.59. The Morgan fingerprint density at radius 1 is 1.26 bits per heavy atom. The molecule has 0 aromatic heterocycles. The van der Waals surface area contributed by atoms with Crippen LogP contribution in [0, 0.1) is 0 Å². The molecule has 1 aromatic rings. The standard InChI is InChI=1S/C12H12F2N2O3/c1-7(17)11(8(2)18)16-15-9-4-3-5-10(6-9)19-12(13)14/h3-6,12,15H,1-2H3. The number of nitrogens with one attached hydrogen (secondary N) is 1. The second kappa shape index (κ2) is 6.58. The number of halogens is 2. The molecule has 0 unspecified atom stereocenters. The highest BCUT2D eigenvalue weighted by Crippen LogP contribution is 2.19. The summed E-state index contributed by atoms with van der Waals surface area (Å²) in [5.41, 5.74) is 2.51. The summed E-state index contributed by atoms with van der Waals surface area (Å²) >= 11 is 0. The number of ether oxygens (including phenoxy) is 1. The smallest absolute Gasteiger partial charge is 0.387 e. The van der Waals surface area contributed by atoms with Crippen molar-refractivity contribution in [1.29, 1.82) is 0 Å². The number of carbonyl (C=O) groups is 2. The molecule has 0 fully saturated rings. The lowest BCUT2D eigenvalue weighted by molar-refractivity contribution is -0.114. The topological polar surface area (TPSA) is 67.8 Å². The zero-order chi connectivity index (χ0) is 14.4. The van der Waals surface area contributed by atoms with Crippen molar-refractivity contribution in [2.45, 2.75) is 20.5 Å². The fourth-order valence-electron chi connectivity index (χ4n) is 1.27. The molecule has 0 aliphatic carbocycles. The number of hydrazone groups is 1. The Balaban J connectivity index is 2.85. The van der Waals surface area contributed by atoms with Gasteiger partial charge in [0.15, 0.2) is 17.3 Å². The average molecular weight is 270 g/mol. The van der Waals surface area contributed by atoms with Crippen LogP contribution in [0.4, 0.5) is 14.5 Å². The van der Waals surface area contributed by atoms with Crippen LogP contribution < -0.4 is 10.2 Å². The molecule has 1 aromatic carbocycles. The third-order valence-corrected chi connectivity index (χ3v) is 2.02. The average Bonchev–Trinajstić information content (AvgIpc) is 2.27. The monoisotopic (exact) mass is 270 g/mol. The highest BCUT2D eigenvalue weighted by atomic mass is 19.3. The van der Waals surface area contributed by atoms with E-state index in [1.54, 1.807) is 0 Å². The Kier molecular flexibility index (Phi) is 5.11. The summed E-state index contributed by atoms with van der Waals surface area (Å²) in [6, 6.07) is 5.61. The molecule has 0 spiro atoms. The molecule has 19 heavy (non-hydrogen) atoms.